The summed E-state index contributed by atoms with van der Waals surface area (Å²) in [6, 6.07) is 15.7. The van der Waals surface area contributed by atoms with Crippen LogP contribution in [-0.4, -0.2) is 60.2 Å². The average Bonchev–Trinajstić information content (AvgIpc) is 3.13. The average molecular weight is 437 g/mol. The lowest BCUT2D eigenvalue weighted by atomic mass is 9.99. The van der Waals surface area contributed by atoms with E-state index in [0.717, 1.165) is 47.9 Å². The van der Waals surface area contributed by atoms with Crippen LogP contribution in [-0.2, 0) is 4.79 Å². The molecule has 2 aromatic carbocycles. The maximum absolute atomic E-state index is 12.6. The molecule has 0 radical (unpaired) electrons. The number of nitrogens with zero attached hydrogens (tertiary/aromatic N) is 3. The summed E-state index contributed by atoms with van der Waals surface area (Å²) < 4.78 is 5.23. The highest BCUT2D eigenvalue weighted by atomic mass is 32.2. The second kappa shape index (κ2) is 9.24. The number of methoxy groups -OCH3 is 1. The molecule has 0 bridgehead atoms. The molecule has 0 unspecified atom stereocenters. The van der Waals surface area contributed by atoms with Gasteiger partial charge in [0.15, 0.2) is 5.66 Å². The van der Waals surface area contributed by atoms with Crippen LogP contribution in [0.15, 0.2) is 58.5 Å². The zero-order valence-corrected chi connectivity index (χ0v) is 19.0. The van der Waals surface area contributed by atoms with E-state index in [-0.39, 0.29) is 11.7 Å². The van der Waals surface area contributed by atoms with Crippen LogP contribution in [0.25, 0.3) is 0 Å². The van der Waals surface area contributed by atoms with Gasteiger partial charge >= 0.3 is 0 Å². The zero-order chi connectivity index (χ0) is 21.8. The van der Waals surface area contributed by atoms with E-state index in [9.17, 15) is 4.79 Å². The third-order valence-electron chi connectivity index (χ3n) is 5.64. The number of carbonyl (C=O) groups is 1. The lowest BCUT2D eigenvalue weighted by Crippen LogP contribution is -2.39. The highest BCUT2D eigenvalue weighted by Crippen LogP contribution is 2.35. The van der Waals surface area contributed by atoms with E-state index in [1.165, 1.54) is 17.3 Å². The molecule has 2 aliphatic rings. The number of aryl methyl sites for hydroxylation is 1. The predicted octanol–water partition coefficient (Wildman–Crippen LogP) is 4.00. The van der Waals surface area contributed by atoms with Crippen molar-refractivity contribution in [3.05, 3.63) is 59.7 Å². The van der Waals surface area contributed by atoms with Crippen molar-refractivity contribution in [2.24, 2.45) is 9.98 Å². The minimum atomic E-state index is -0.391. The molecule has 0 saturated carbocycles. The number of aliphatic imine (C=N–C) groups is 2. The van der Waals surface area contributed by atoms with Gasteiger partial charge in [0.1, 0.15) is 10.8 Å². The van der Waals surface area contributed by atoms with Crippen LogP contribution in [0, 0.1) is 6.92 Å². The van der Waals surface area contributed by atoms with Gasteiger partial charge in [-0.25, -0.2) is 4.99 Å². The largest absolute Gasteiger partial charge is 0.497 e. The number of thioether (sulfide) groups is 1. The maximum Gasteiger partial charge on any atom is 0.234 e. The van der Waals surface area contributed by atoms with Gasteiger partial charge in [0.25, 0.3) is 0 Å². The van der Waals surface area contributed by atoms with E-state index in [1.807, 2.05) is 24.3 Å². The van der Waals surface area contributed by atoms with E-state index in [1.54, 1.807) is 7.11 Å². The Morgan fingerprint density at radius 3 is 2.61 bits per heavy atom. The van der Waals surface area contributed by atoms with Gasteiger partial charge in [0.05, 0.1) is 18.6 Å². The Kier molecular flexibility index (Phi) is 6.43. The van der Waals surface area contributed by atoms with Crippen LogP contribution in [0.1, 0.15) is 24.0 Å². The number of amides is 1. The molecule has 1 saturated heterocycles. The number of likely N-dealkylation sites (tertiary alicyclic amines) is 1. The molecule has 1 N–H and O–H groups in total. The van der Waals surface area contributed by atoms with E-state index < -0.39 is 5.66 Å². The molecule has 2 aliphatic heterocycles. The number of rotatable bonds is 5. The first-order valence-electron chi connectivity index (χ1n) is 10.5. The Bertz CT molecular complexity index is 1010. The number of carbonyl (C=O) groups excluding carboxylic acids is 1. The SMILES string of the molecule is COc1cccc(NC(=O)CSC2=NC3(CCN(C)CC3)N=C2c2ccc(C)cc2)c1. The molecule has 0 aliphatic carbocycles. The highest BCUT2D eigenvalue weighted by Gasteiger charge is 2.39. The second-order valence-corrected chi connectivity index (χ2v) is 9.06. The summed E-state index contributed by atoms with van der Waals surface area (Å²) in [4.78, 5) is 25.1. The summed E-state index contributed by atoms with van der Waals surface area (Å²) in [7, 11) is 3.74. The minimum Gasteiger partial charge on any atom is -0.497 e. The fraction of sp³-hybridized carbons (Fsp3) is 0.375. The van der Waals surface area contributed by atoms with E-state index >= 15 is 0 Å². The fourth-order valence-electron chi connectivity index (χ4n) is 3.76. The summed E-state index contributed by atoms with van der Waals surface area (Å²) in [6.45, 7) is 4.02. The highest BCUT2D eigenvalue weighted by molar-refractivity contribution is 8.16. The van der Waals surface area contributed by atoms with E-state index in [2.05, 4.69) is 48.5 Å². The van der Waals surface area contributed by atoms with Crippen LogP contribution in [0.4, 0.5) is 5.69 Å². The summed E-state index contributed by atoms with van der Waals surface area (Å²) in [5.74, 6) is 0.911. The van der Waals surface area contributed by atoms with Crippen molar-refractivity contribution in [1.29, 1.82) is 0 Å². The normalized spacial score (nSPS) is 17.9. The number of benzene rings is 2. The summed E-state index contributed by atoms with van der Waals surface area (Å²) in [5.41, 5.74) is 3.50. The zero-order valence-electron chi connectivity index (χ0n) is 18.2. The minimum absolute atomic E-state index is 0.0754. The van der Waals surface area contributed by atoms with Crippen LogP contribution in [0.2, 0.25) is 0 Å². The van der Waals surface area contributed by atoms with Gasteiger partial charge in [-0.1, -0.05) is 47.7 Å². The first-order valence-corrected chi connectivity index (χ1v) is 11.5. The molecule has 4 rings (SSSR count). The second-order valence-electron chi connectivity index (χ2n) is 8.10. The summed E-state index contributed by atoms with van der Waals surface area (Å²) in [5, 5.41) is 3.79. The molecule has 31 heavy (non-hydrogen) atoms. The number of hydrogen-bond acceptors (Lipinski definition) is 6. The topological polar surface area (TPSA) is 66.3 Å². The van der Waals surface area contributed by atoms with Crippen molar-refractivity contribution in [1.82, 2.24) is 4.90 Å². The molecule has 0 atom stereocenters. The van der Waals surface area contributed by atoms with Crippen molar-refractivity contribution >= 4 is 34.1 Å². The summed E-state index contributed by atoms with van der Waals surface area (Å²) >= 11 is 1.46. The molecule has 2 aromatic rings. The third-order valence-corrected chi connectivity index (χ3v) is 6.60. The van der Waals surface area contributed by atoms with Gasteiger partial charge in [-0.15, -0.1) is 0 Å². The molecular formula is C24H28N4O2S. The predicted molar refractivity (Wildman–Crippen MR) is 129 cm³/mol. The molecule has 6 nitrogen and oxygen atoms in total. The van der Waals surface area contributed by atoms with Crippen molar-refractivity contribution < 1.29 is 9.53 Å². The van der Waals surface area contributed by atoms with Crippen molar-refractivity contribution in [3.63, 3.8) is 0 Å². The van der Waals surface area contributed by atoms with Crippen molar-refractivity contribution in [2.45, 2.75) is 25.4 Å². The monoisotopic (exact) mass is 436 g/mol. The van der Waals surface area contributed by atoms with Gasteiger partial charge < -0.3 is 15.0 Å². The van der Waals surface area contributed by atoms with Gasteiger partial charge in [-0.2, -0.15) is 0 Å². The van der Waals surface area contributed by atoms with Gasteiger partial charge in [-0.05, 0) is 26.1 Å². The van der Waals surface area contributed by atoms with Gasteiger partial charge in [-0.3, -0.25) is 9.79 Å². The number of hydrogen-bond donors (Lipinski definition) is 1. The quantitative estimate of drug-likeness (QED) is 0.769. The number of piperidine rings is 1. The molecule has 1 spiro atoms. The molecule has 2 heterocycles. The van der Waals surface area contributed by atoms with E-state index in [0.29, 0.717) is 5.75 Å². The smallest absolute Gasteiger partial charge is 0.234 e. The Morgan fingerprint density at radius 2 is 1.90 bits per heavy atom. The third kappa shape index (κ3) is 5.17. The molecule has 1 fully saturated rings. The lowest BCUT2D eigenvalue weighted by molar-refractivity contribution is -0.113. The molecule has 162 valence electrons. The van der Waals surface area contributed by atoms with Crippen molar-refractivity contribution in [3.8, 4) is 5.75 Å². The summed E-state index contributed by atoms with van der Waals surface area (Å²) in [6.07, 6.45) is 1.80. The number of ether oxygens (including phenoxy) is 1. The Balaban J connectivity index is 1.49. The first kappa shape index (κ1) is 21.6. The van der Waals surface area contributed by atoms with Gasteiger partial charge in [0.2, 0.25) is 5.91 Å². The Morgan fingerprint density at radius 1 is 1.16 bits per heavy atom. The molecular weight excluding hydrogens is 408 g/mol. The van der Waals surface area contributed by atoms with Crippen LogP contribution >= 0.6 is 11.8 Å². The molecule has 7 heteroatoms. The fourth-order valence-corrected chi connectivity index (χ4v) is 4.63. The van der Waals surface area contributed by atoms with Crippen LogP contribution in [0.5, 0.6) is 5.75 Å². The first-order chi connectivity index (χ1) is 15.0. The van der Waals surface area contributed by atoms with E-state index in [4.69, 9.17) is 14.7 Å². The van der Waals surface area contributed by atoms with Crippen molar-refractivity contribution in [2.75, 3.05) is 38.3 Å². The maximum atomic E-state index is 12.6. The standard InChI is InChI=1S/C24H28N4O2S/c1-17-7-9-18(10-8-17)22-23(27-24(26-22)11-13-28(2)14-12-24)31-16-21(29)25-19-5-4-6-20(15-19)30-3/h4-10,15H,11-14,16H2,1-3H3,(H,25,29). The number of nitrogens with one attached hydrogen (secondary N) is 1. The van der Waals surface area contributed by atoms with Crippen LogP contribution < -0.4 is 10.1 Å². The Labute approximate surface area is 187 Å². The van der Waals surface area contributed by atoms with Crippen LogP contribution in [0.3, 0.4) is 0 Å². The lowest BCUT2D eigenvalue weighted by Gasteiger charge is -2.33. The number of anilines is 1. The molecule has 0 aromatic heterocycles. The van der Waals surface area contributed by atoms with Gasteiger partial charge in [0, 0.05) is 43.2 Å². The molecule has 1 amide bonds. The Hall–Kier alpha value is -2.64.